The van der Waals surface area contributed by atoms with Gasteiger partial charge in [-0.3, -0.25) is 4.79 Å². The van der Waals surface area contributed by atoms with Crippen molar-refractivity contribution in [2.45, 2.75) is 88.6 Å². The minimum Gasteiger partial charge on any atom is -0.390 e. The van der Waals surface area contributed by atoms with Crippen molar-refractivity contribution < 1.29 is 28.2 Å². The van der Waals surface area contributed by atoms with Crippen LogP contribution >= 0.6 is 0 Å². The van der Waals surface area contributed by atoms with E-state index < -0.39 is 23.8 Å². The molecule has 2 aromatic rings. The van der Waals surface area contributed by atoms with Gasteiger partial charge < -0.3 is 15.1 Å². The zero-order valence-corrected chi connectivity index (χ0v) is 21.3. The van der Waals surface area contributed by atoms with E-state index in [1.54, 1.807) is 30.3 Å². The van der Waals surface area contributed by atoms with Crippen LogP contribution in [0.2, 0.25) is 0 Å². The highest BCUT2D eigenvalue weighted by atomic mass is 19.4. The van der Waals surface area contributed by atoms with Gasteiger partial charge in [-0.05, 0) is 79.9 Å². The number of alkyl halides is 3. The van der Waals surface area contributed by atoms with Gasteiger partial charge in [-0.25, -0.2) is 0 Å². The van der Waals surface area contributed by atoms with Gasteiger partial charge in [0, 0.05) is 13.1 Å². The predicted molar refractivity (Wildman–Crippen MR) is 136 cm³/mol. The van der Waals surface area contributed by atoms with E-state index in [1.807, 2.05) is 24.3 Å². The highest BCUT2D eigenvalue weighted by Gasteiger charge is 2.48. The first-order valence-corrected chi connectivity index (χ1v) is 13.6. The molecule has 2 aliphatic rings. The van der Waals surface area contributed by atoms with Crippen LogP contribution < -0.4 is 0 Å². The average Bonchev–Trinajstić information content (AvgIpc) is 2.84. The number of fused-ring (bicyclic) bond motifs is 1. The number of halogens is 3. The molecular formula is C30H38F3NO3. The molecule has 3 atom stereocenters. The Hall–Kier alpha value is -2.38. The van der Waals surface area contributed by atoms with E-state index in [0.29, 0.717) is 31.2 Å². The first kappa shape index (κ1) is 27.6. The number of benzene rings is 2. The number of amides is 1. The van der Waals surface area contributed by atoms with Crippen LogP contribution in [0.15, 0.2) is 54.6 Å². The third kappa shape index (κ3) is 6.55. The Morgan fingerprint density at radius 2 is 1.65 bits per heavy atom. The third-order valence-corrected chi connectivity index (χ3v) is 8.38. The summed E-state index contributed by atoms with van der Waals surface area (Å²) in [5.74, 6) is -1.55. The molecule has 0 aromatic heterocycles. The van der Waals surface area contributed by atoms with Gasteiger partial charge in [0.15, 0.2) is 0 Å². The monoisotopic (exact) mass is 517 g/mol. The maximum absolute atomic E-state index is 13.3. The molecule has 2 aliphatic carbocycles. The Morgan fingerprint density at radius 3 is 2.32 bits per heavy atom. The standard InChI is InChI=1S/C30H38F3NO3/c31-30(32,33)28(36)34(21-23-9-2-1-3-10-23)20-8-12-22-11-6-14-24-13-4-5-17-26(24)29(37,25-15-7-16-25)27(35)19-18-22/h1-5,9-10,13,17,22,25,27,35,37H,6-8,11-12,14-16,18-21H2/t22?,27?,29-/m1/s1. The molecular weight excluding hydrogens is 479 g/mol. The molecule has 1 fully saturated rings. The second kappa shape index (κ2) is 12.0. The van der Waals surface area contributed by atoms with Gasteiger partial charge in [0.2, 0.25) is 0 Å². The van der Waals surface area contributed by atoms with Gasteiger partial charge in [-0.2, -0.15) is 13.2 Å². The van der Waals surface area contributed by atoms with Crippen molar-refractivity contribution >= 4 is 5.91 Å². The van der Waals surface area contributed by atoms with Crippen LogP contribution in [0.1, 0.15) is 74.5 Å². The number of nitrogens with zero attached hydrogens (tertiary/aromatic N) is 1. The van der Waals surface area contributed by atoms with E-state index in [9.17, 15) is 28.2 Å². The summed E-state index contributed by atoms with van der Waals surface area (Å²) in [6.45, 7) is -0.0467. The molecule has 1 saturated carbocycles. The molecule has 4 nitrogen and oxygen atoms in total. The van der Waals surface area contributed by atoms with E-state index in [4.69, 9.17) is 0 Å². The van der Waals surface area contributed by atoms with Crippen molar-refractivity contribution in [3.8, 4) is 0 Å². The maximum Gasteiger partial charge on any atom is 0.471 e. The molecule has 37 heavy (non-hydrogen) atoms. The zero-order chi connectivity index (χ0) is 26.5. The summed E-state index contributed by atoms with van der Waals surface area (Å²) < 4.78 is 39.8. The summed E-state index contributed by atoms with van der Waals surface area (Å²) in [6, 6.07) is 16.6. The first-order chi connectivity index (χ1) is 17.7. The summed E-state index contributed by atoms with van der Waals surface area (Å²) in [6.07, 6.45) is 1.93. The highest BCUT2D eigenvalue weighted by Crippen LogP contribution is 2.47. The molecule has 0 aliphatic heterocycles. The lowest BCUT2D eigenvalue weighted by Crippen LogP contribution is -2.49. The van der Waals surface area contributed by atoms with Gasteiger partial charge in [0.25, 0.3) is 0 Å². The van der Waals surface area contributed by atoms with Crippen LogP contribution in [0, 0.1) is 11.8 Å². The topological polar surface area (TPSA) is 60.8 Å². The molecule has 2 N–H and O–H groups in total. The van der Waals surface area contributed by atoms with Gasteiger partial charge in [-0.15, -0.1) is 0 Å². The molecule has 0 bridgehead atoms. The number of hydrogen-bond acceptors (Lipinski definition) is 3. The van der Waals surface area contributed by atoms with Crippen molar-refractivity contribution in [3.63, 3.8) is 0 Å². The molecule has 1 amide bonds. The molecule has 202 valence electrons. The molecule has 0 radical (unpaired) electrons. The van der Waals surface area contributed by atoms with Crippen molar-refractivity contribution in [3.05, 3.63) is 71.3 Å². The van der Waals surface area contributed by atoms with Crippen LogP contribution in [0.5, 0.6) is 0 Å². The molecule has 7 heteroatoms. The van der Waals surface area contributed by atoms with Gasteiger partial charge >= 0.3 is 12.1 Å². The number of carbonyl (C=O) groups excluding carboxylic acids is 1. The van der Waals surface area contributed by atoms with Crippen LogP contribution in [0.3, 0.4) is 0 Å². The number of hydrogen-bond donors (Lipinski definition) is 2. The van der Waals surface area contributed by atoms with Gasteiger partial charge in [0.05, 0.1) is 6.10 Å². The lowest BCUT2D eigenvalue weighted by atomic mass is 9.64. The molecule has 2 aromatic carbocycles. The van der Waals surface area contributed by atoms with Crippen LogP contribution in [-0.4, -0.2) is 39.8 Å². The fourth-order valence-corrected chi connectivity index (χ4v) is 6.08. The number of aryl methyl sites for hydroxylation is 1. The Kier molecular flexibility index (Phi) is 8.96. The first-order valence-electron chi connectivity index (χ1n) is 13.6. The Bertz CT molecular complexity index is 1020. The zero-order valence-electron chi connectivity index (χ0n) is 21.3. The summed E-state index contributed by atoms with van der Waals surface area (Å²) in [7, 11) is 0. The van der Waals surface area contributed by atoms with Crippen molar-refractivity contribution in [2.75, 3.05) is 6.54 Å². The van der Waals surface area contributed by atoms with E-state index in [1.165, 1.54) is 0 Å². The summed E-state index contributed by atoms with van der Waals surface area (Å²) in [4.78, 5) is 13.0. The van der Waals surface area contributed by atoms with E-state index in [2.05, 4.69) is 0 Å². The fourth-order valence-electron chi connectivity index (χ4n) is 6.08. The largest absolute Gasteiger partial charge is 0.471 e. The second-order valence-corrected chi connectivity index (χ2v) is 10.8. The van der Waals surface area contributed by atoms with E-state index >= 15 is 0 Å². The molecule has 2 unspecified atom stereocenters. The Balaban J connectivity index is 1.42. The Labute approximate surface area is 217 Å². The number of carbonyl (C=O) groups is 1. The smallest absolute Gasteiger partial charge is 0.390 e. The molecule has 0 spiro atoms. The van der Waals surface area contributed by atoms with Crippen LogP contribution in [0.25, 0.3) is 0 Å². The predicted octanol–water partition coefficient (Wildman–Crippen LogP) is 6.14. The van der Waals surface area contributed by atoms with E-state index in [0.717, 1.165) is 54.6 Å². The quantitative estimate of drug-likeness (QED) is 0.464. The summed E-state index contributed by atoms with van der Waals surface area (Å²) >= 11 is 0. The van der Waals surface area contributed by atoms with Crippen molar-refractivity contribution in [2.24, 2.45) is 11.8 Å². The molecule has 4 rings (SSSR count). The minimum atomic E-state index is -4.91. The fraction of sp³-hybridized carbons (Fsp3) is 0.567. The average molecular weight is 518 g/mol. The SMILES string of the molecule is O=C(N(CCCC1CCCc2ccccc2[C@](O)(C2CCC2)C(O)CC1)Cc1ccccc1)C(F)(F)F. The van der Waals surface area contributed by atoms with E-state index in [-0.39, 0.29) is 24.9 Å². The normalized spacial score (nSPS) is 25.1. The minimum absolute atomic E-state index is 0.0289. The van der Waals surface area contributed by atoms with Crippen LogP contribution in [-0.2, 0) is 23.4 Å². The lowest BCUT2D eigenvalue weighted by Gasteiger charge is -2.46. The number of rotatable bonds is 7. The maximum atomic E-state index is 13.3. The van der Waals surface area contributed by atoms with Crippen molar-refractivity contribution in [1.82, 2.24) is 4.90 Å². The molecule has 0 saturated heterocycles. The van der Waals surface area contributed by atoms with Crippen LogP contribution in [0.4, 0.5) is 13.2 Å². The summed E-state index contributed by atoms with van der Waals surface area (Å²) in [5.41, 5.74) is 1.33. The third-order valence-electron chi connectivity index (χ3n) is 8.38. The Morgan fingerprint density at radius 1 is 0.946 bits per heavy atom. The second-order valence-electron chi connectivity index (χ2n) is 10.8. The number of aliphatic hydroxyl groups excluding tert-OH is 1. The molecule has 0 heterocycles. The summed E-state index contributed by atoms with van der Waals surface area (Å²) in [5, 5.41) is 23.1. The number of aliphatic hydroxyl groups is 2. The van der Waals surface area contributed by atoms with Gasteiger partial charge in [-0.1, -0.05) is 67.4 Å². The van der Waals surface area contributed by atoms with Gasteiger partial charge in [0.1, 0.15) is 5.60 Å². The highest BCUT2D eigenvalue weighted by molar-refractivity contribution is 5.81. The lowest BCUT2D eigenvalue weighted by molar-refractivity contribution is -0.186. The van der Waals surface area contributed by atoms with Crippen molar-refractivity contribution in [1.29, 1.82) is 0 Å².